The maximum atomic E-state index is 11.9. The zero-order chi connectivity index (χ0) is 15.0. The van der Waals surface area contributed by atoms with Gasteiger partial charge in [-0.2, -0.15) is 13.2 Å². The van der Waals surface area contributed by atoms with Crippen molar-refractivity contribution < 1.29 is 27.8 Å². The molecule has 4 nitrogen and oxygen atoms in total. The molecule has 7 heteroatoms. The third-order valence-electron chi connectivity index (χ3n) is 2.39. The highest BCUT2D eigenvalue weighted by molar-refractivity contribution is 5.25. The van der Waals surface area contributed by atoms with E-state index in [9.17, 15) is 18.3 Å². The van der Waals surface area contributed by atoms with Gasteiger partial charge in [0.25, 0.3) is 0 Å². The number of hydrogen-bond donors (Lipinski definition) is 1. The van der Waals surface area contributed by atoms with E-state index in [1.165, 1.54) is 12.4 Å². The van der Waals surface area contributed by atoms with Gasteiger partial charge in [-0.15, -0.1) is 0 Å². The van der Waals surface area contributed by atoms with Crippen LogP contribution in [-0.2, 0) is 4.74 Å². The van der Waals surface area contributed by atoms with Crippen LogP contribution in [0.1, 0.15) is 31.4 Å². The largest absolute Gasteiger partial charge is 0.492 e. The molecular weight excluding hydrogens is 275 g/mol. The number of ether oxygens (including phenoxy) is 2. The Balaban J connectivity index is 2.40. The lowest BCUT2D eigenvalue weighted by Crippen LogP contribution is -2.18. The molecule has 1 rings (SSSR count). The van der Waals surface area contributed by atoms with E-state index in [1.807, 2.05) is 6.92 Å². The fourth-order valence-corrected chi connectivity index (χ4v) is 1.47. The fraction of sp³-hybridized carbons (Fsp3) is 0.615. The van der Waals surface area contributed by atoms with E-state index < -0.39 is 18.9 Å². The molecule has 0 saturated carbocycles. The van der Waals surface area contributed by atoms with Crippen molar-refractivity contribution >= 4 is 0 Å². The summed E-state index contributed by atoms with van der Waals surface area (Å²) < 4.78 is 45.4. The van der Waals surface area contributed by atoms with Gasteiger partial charge in [-0.05, 0) is 12.5 Å². The third-order valence-corrected chi connectivity index (χ3v) is 2.39. The van der Waals surface area contributed by atoms with Gasteiger partial charge in [0.1, 0.15) is 12.4 Å². The lowest BCUT2D eigenvalue weighted by atomic mass is 10.1. The monoisotopic (exact) mass is 293 g/mol. The second-order valence-electron chi connectivity index (χ2n) is 4.27. The molecule has 1 atom stereocenters. The summed E-state index contributed by atoms with van der Waals surface area (Å²) in [7, 11) is 0. The second kappa shape index (κ2) is 8.06. The van der Waals surface area contributed by atoms with Crippen LogP contribution in [0.25, 0.3) is 0 Å². The summed E-state index contributed by atoms with van der Waals surface area (Å²) in [6.07, 6.45) is -1.40. The second-order valence-corrected chi connectivity index (χ2v) is 4.27. The van der Waals surface area contributed by atoms with Crippen LogP contribution in [0.2, 0.25) is 0 Å². The molecule has 0 aliphatic rings. The predicted molar refractivity (Wildman–Crippen MR) is 66.5 cm³/mol. The van der Waals surface area contributed by atoms with Crippen molar-refractivity contribution in [1.29, 1.82) is 0 Å². The third kappa shape index (κ3) is 6.72. The minimum Gasteiger partial charge on any atom is -0.492 e. The number of pyridine rings is 1. The quantitative estimate of drug-likeness (QED) is 0.749. The van der Waals surface area contributed by atoms with Gasteiger partial charge in [0.2, 0.25) is 0 Å². The van der Waals surface area contributed by atoms with Gasteiger partial charge < -0.3 is 14.6 Å². The Kier molecular flexibility index (Phi) is 6.74. The molecule has 1 aromatic rings. The highest BCUT2D eigenvalue weighted by atomic mass is 19.4. The van der Waals surface area contributed by atoms with Crippen molar-refractivity contribution in [3.8, 4) is 5.75 Å². The average Bonchev–Trinajstić information content (AvgIpc) is 2.40. The first kappa shape index (κ1) is 16.7. The number of aliphatic hydroxyl groups is 1. The molecule has 0 spiro atoms. The van der Waals surface area contributed by atoms with Crippen LogP contribution in [0.3, 0.4) is 0 Å². The minimum absolute atomic E-state index is 0.0645. The molecule has 0 bridgehead atoms. The molecule has 0 aliphatic carbocycles. The van der Waals surface area contributed by atoms with E-state index in [0.717, 1.165) is 6.42 Å². The Hall–Kier alpha value is -1.34. The van der Waals surface area contributed by atoms with Gasteiger partial charge >= 0.3 is 6.18 Å². The lowest BCUT2D eigenvalue weighted by Gasteiger charge is -2.13. The van der Waals surface area contributed by atoms with Crippen LogP contribution in [0, 0.1) is 0 Å². The first-order valence-electron chi connectivity index (χ1n) is 6.32. The minimum atomic E-state index is -4.35. The van der Waals surface area contributed by atoms with Gasteiger partial charge in [0.05, 0.1) is 18.9 Å². The number of aliphatic hydroxyl groups excluding tert-OH is 1. The molecule has 1 aromatic heterocycles. The number of alkyl halides is 3. The SMILES string of the molecule is CCCOc1cncc(C(O)CCOCC(F)(F)F)c1. The van der Waals surface area contributed by atoms with E-state index in [4.69, 9.17) is 4.74 Å². The summed E-state index contributed by atoms with van der Waals surface area (Å²) in [6.45, 7) is 1.01. The maximum absolute atomic E-state index is 11.9. The van der Waals surface area contributed by atoms with E-state index in [-0.39, 0.29) is 13.0 Å². The van der Waals surface area contributed by atoms with Crippen LogP contribution < -0.4 is 4.74 Å². The summed E-state index contributed by atoms with van der Waals surface area (Å²) in [6, 6.07) is 1.62. The van der Waals surface area contributed by atoms with Gasteiger partial charge in [-0.3, -0.25) is 4.98 Å². The van der Waals surface area contributed by atoms with Crippen molar-refractivity contribution in [3.63, 3.8) is 0 Å². The molecular formula is C13H18F3NO3. The predicted octanol–water partition coefficient (Wildman–Crippen LogP) is 2.87. The summed E-state index contributed by atoms with van der Waals surface area (Å²) in [5.74, 6) is 0.527. The van der Waals surface area contributed by atoms with Crippen LogP contribution in [-0.4, -0.2) is 36.1 Å². The molecule has 0 amide bonds. The van der Waals surface area contributed by atoms with Crippen LogP contribution in [0.15, 0.2) is 18.5 Å². The van der Waals surface area contributed by atoms with Crippen LogP contribution >= 0.6 is 0 Å². The number of rotatable bonds is 8. The van der Waals surface area contributed by atoms with Crippen molar-refractivity contribution in [2.24, 2.45) is 0 Å². The summed E-state index contributed by atoms with van der Waals surface area (Å²) in [4.78, 5) is 3.92. The Morgan fingerprint density at radius 2 is 2.05 bits per heavy atom. The highest BCUT2D eigenvalue weighted by Crippen LogP contribution is 2.21. The Labute approximate surface area is 115 Å². The molecule has 0 saturated heterocycles. The van der Waals surface area contributed by atoms with Gasteiger partial charge in [-0.25, -0.2) is 0 Å². The highest BCUT2D eigenvalue weighted by Gasteiger charge is 2.27. The zero-order valence-electron chi connectivity index (χ0n) is 11.2. The van der Waals surface area contributed by atoms with Gasteiger partial charge in [0, 0.05) is 24.8 Å². The molecule has 114 valence electrons. The van der Waals surface area contributed by atoms with E-state index >= 15 is 0 Å². The molecule has 1 N–H and O–H groups in total. The molecule has 0 fully saturated rings. The summed E-state index contributed by atoms with van der Waals surface area (Å²) in [5.41, 5.74) is 0.495. The first-order valence-corrected chi connectivity index (χ1v) is 6.32. The van der Waals surface area contributed by atoms with Crippen molar-refractivity contribution in [2.75, 3.05) is 19.8 Å². The van der Waals surface area contributed by atoms with E-state index in [0.29, 0.717) is 17.9 Å². The lowest BCUT2D eigenvalue weighted by molar-refractivity contribution is -0.175. The number of hydrogen-bond acceptors (Lipinski definition) is 4. The Bertz CT molecular complexity index is 399. The number of aromatic nitrogens is 1. The number of nitrogens with zero attached hydrogens (tertiary/aromatic N) is 1. The molecule has 20 heavy (non-hydrogen) atoms. The average molecular weight is 293 g/mol. The van der Waals surface area contributed by atoms with E-state index in [1.54, 1.807) is 6.07 Å². The van der Waals surface area contributed by atoms with Crippen LogP contribution in [0.5, 0.6) is 5.75 Å². The molecule has 0 aliphatic heterocycles. The smallest absolute Gasteiger partial charge is 0.411 e. The zero-order valence-corrected chi connectivity index (χ0v) is 11.2. The van der Waals surface area contributed by atoms with Gasteiger partial charge in [-0.1, -0.05) is 6.92 Å². The fourth-order valence-electron chi connectivity index (χ4n) is 1.47. The normalized spacial score (nSPS) is 13.2. The van der Waals surface area contributed by atoms with Crippen molar-refractivity contribution in [2.45, 2.75) is 32.0 Å². The first-order chi connectivity index (χ1) is 9.42. The standard InChI is InChI=1S/C13H18F3NO3/c1-2-4-20-11-6-10(7-17-8-11)12(18)3-5-19-9-13(14,15)16/h6-8,12,18H,2-5,9H2,1H3. The Morgan fingerprint density at radius 3 is 2.70 bits per heavy atom. The molecule has 1 heterocycles. The Morgan fingerprint density at radius 1 is 1.30 bits per heavy atom. The van der Waals surface area contributed by atoms with Crippen LogP contribution in [0.4, 0.5) is 13.2 Å². The topological polar surface area (TPSA) is 51.6 Å². The van der Waals surface area contributed by atoms with Crippen molar-refractivity contribution in [3.05, 3.63) is 24.0 Å². The van der Waals surface area contributed by atoms with Gasteiger partial charge in [0.15, 0.2) is 0 Å². The summed E-state index contributed by atoms with van der Waals surface area (Å²) >= 11 is 0. The molecule has 0 aromatic carbocycles. The molecule has 0 radical (unpaired) electrons. The van der Waals surface area contributed by atoms with Crippen molar-refractivity contribution in [1.82, 2.24) is 4.98 Å². The number of halogens is 3. The van der Waals surface area contributed by atoms with E-state index in [2.05, 4.69) is 9.72 Å². The summed E-state index contributed by atoms with van der Waals surface area (Å²) in [5, 5.41) is 9.84. The molecule has 1 unspecified atom stereocenters. The maximum Gasteiger partial charge on any atom is 0.411 e.